The Morgan fingerprint density at radius 1 is 0.955 bits per heavy atom. The van der Waals surface area contributed by atoms with Gasteiger partial charge in [0.05, 0.1) is 6.67 Å². The van der Waals surface area contributed by atoms with Gasteiger partial charge in [-0.15, -0.1) is 34.0 Å². The van der Waals surface area contributed by atoms with Crippen molar-refractivity contribution in [3.05, 3.63) is 34.7 Å². The molecule has 114 valence electrons. The number of nitrogens with zero attached hydrogens (tertiary/aromatic N) is 5. The molecule has 0 aromatic carbocycles. The van der Waals surface area contributed by atoms with Crippen LogP contribution in [0.25, 0.3) is 0 Å². The summed E-state index contributed by atoms with van der Waals surface area (Å²) in [6.07, 6.45) is 4.17. The lowest BCUT2D eigenvalue weighted by Gasteiger charge is -2.24. The van der Waals surface area contributed by atoms with Crippen molar-refractivity contribution in [2.75, 3.05) is 21.8 Å². The number of hydrogen-bond acceptors (Lipinski definition) is 10. The molecule has 2 atom stereocenters. The third-order valence-electron chi connectivity index (χ3n) is 3.28. The Kier molecular flexibility index (Phi) is 3.66. The summed E-state index contributed by atoms with van der Waals surface area (Å²) in [5.74, 6) is 0. The van der Waals surface area contributed by atoms with Gasteiger partial charge in [-0.05, 0) is 0 Å². The van der Waals surface area contributed by atoms with Gasteiger partial charge >= 0.3 is 0 Å². The highest BCUT2D eigenvalue weighted by Gasteiger charge is 2.41. The standard InChI is InChI=1S/C12H12N6OS3/c19-9-8(16-10-13-1-4-20-10)17(11-14-2-5-21-11)7-18(9)12-15-3-6-22-12/h1-6,8-9,19H,7H2,(H,13,16). The van der Waals surface area contributed by atoms with Crippen LogP contribution in [-0.4, -0.2) is 39.1 Å². The third-order valence-corrected chi connectivity index (χ3v) is 5.60. The van der Waals surface area contributed by atoms with E-state index in [4.69, 9.17) is 0 Å². The second-order valence-electron chi connectivity index (χ2n) is 4.55. The van der Waals surface area contributed by atoms with E-state index < -0.39 is 6.23 Å². The lowest BCUT2D eigenvalue weighted by Crippen LogP contribution is -2.43. The van der Waals surface area contributed by atoms with Gasteiger partial charge in [0.1, 0.15) is 0 Å². The summed E-state index contributed by atoms with van der Waals surface area (Å²) in [6.45, 7) is 0.519. The maximum atomic E-state index is 10.7. The number of rotatable bonds is 4. The molecule has 1 aliphatic heterocycles. The molecule has 3 aromatic rings. The van der Waals surface area contributed by atoms with Crippen LogP contribution in [0.15, 0.2) is 34.7 Å². The molecule has 3 aromatic heterocycles. The molecule has 7 nitrogen and oxygen atoms in total. The van der Waals surface area contributed by atoms with Gasteiger partial charge in [-0.3, -0.25) is 0 Å². The third kappa shape index (κ3) is 2.43. The van der Waals surface area contributed by atoms with Crippen molar-refractivity contribution in [2.24, 2.45) is 0 Å². The molecule has 4 heterocycles. The van der Waals surface area contributed by atoms with E-state index in [1.807, 2.05) is 25.9 Å². The Bertz CT molecular complexity index is 701. The summed E-state index contributed by atoms with van der Waals surface area (Å²) in [5, 5.41) is 22.2. The molecule has 1 saturated heterocycles. The monoisotopic (exact) mass is 352 g/mol. The summed E-state index contributed by atoms with van der Waals surface area (Å²) in [7, 11) is 0. The predicted octanol–water partition coefficient (Wildman–Crippen LogP) is 2.10. The number of anilines is 3. The fourth-order valence-corrected chi connectivity index (χ4v) is 4.21. The minimum Gasteiger partial charge on any atom is -0.370 e. The van der Waals surface area contributed by atoms with Crippen LogP contribution in [0.3, 0.4) is 0 Å². The first-order valence-electron chi connectivity index (χ1n) is 6.49. The lowest BCUT2D eigenvalue weighted by atomic mass is 10.4. The van der Waals surface area contributed by atoms with Gasteiger partial charge in [-0.1, -0.05) is 0 Å². The first kappa shape index (κ1) is 13.9. The largest absolute Gasteiger partial charge is 0.370 e. The molecule has 0 bridgehead atoms. The Morgan fingerprint density at radius 2 is 1.59 bits per heavy atom. The fourth-order valence-electron chi connectivity index (χ4n) is 2.31. The molecule has 2 N–H and O–H groups in total. The lowest BCUT2D eigenvalue weighted by molar-refractivity contribution is 0.174. The Labute approximate surface area is 138 Å². The molecule has 0 radical (unpaired) electrons. The van der Waals surface area contributed by atoms with Crippen LogP contribution in [0.1, 0.15) is 0 Å². The molecule has 2 unspecified atom stereocenters. The molecule has 0 saturated carbocycles. The summed E-state index contributed by atoms with van der Waals surface area (Å²) < 4.78 is 0. The Balaban J connectivity index is 1.65. The highest BCUT2D eigenvalue weighted by Crippen LogP contribution is 2.33. The second kappa shape index (κ2) is 5.80. The van der Waals surface area contributed by atoms with Crippen LogP contribution in [0.5, 0.6) is 0 Å². The number of aliphatic hydroxyl groups excluding tert-OH is 1. The maximum Gasteiger partial charge on any atom is 0.188 e. The van der Waals surface area contributed by atoms with Crippen LogP contribution in [0, 0.1) is 0 Å². The Morgan fingerprint density at radius 3 is 2.18 bits per heavy atom. The van der Waals surface area contributed by atoms with E-state index in [-0.39, 0.29) is 6.17 Å². The highest BCUT2D eigenvalue weighted by molar-refractivity contribution is 7.14. The number of hydrogen-bond donors (Lipinski definition) is 2. The van der Waals surface area contributed by atoms with E-state index in [1.54, 1.807) is 29.9 Å². The molecule has 0 spiro atoms. The zero-order chi connectivity index (χ0) is 14.9. The highest BCUT2D eigenvalue weighted by atomic mass is 32.1. The van der Waals surface area contributed by atoms with E-state index in [1.165, 1.54) is 22.7 Å². The van der Waals surface area contributed by atoms with E-state index in [0.29, 0.717) is 6.67 Å². The first-order valence-corrected chi connectivity index (χ1v) is 9.13. The van der Waals surface area contributed by atoms with Crippen molar-refractivity contribution >= 4 is 49.4 Å². The van der Waals surface area contributed by atoms with Crippen molar-refractivity contribution in [3.63, 3.8) is 0 Å². The molecule has 0 aliphatic carbocycles. The van der Waals surface area contributed by atoms with Crippen molar-refractivity contribution in [2.45, 2.75) is 12.4 Å². The van der Waals surface area contributed by atoms with Crippen LogP contribution >= 0.6 is 34.0 Å². The van der Waals surface area contributed by atoms with Crippen LogP contribution < -0.4 is 15.1 Å². The minimum absolute atomic E-state index is 0.332. The minimum atomic E-state index is -0.737. The topological polar surface area (TPSA) is 77.4 Å². The van der Waals surface area contributed by atoms with Gasteiger partial charge in [0, 0.05) is 34.7 Å². The summed E-state index contributed by atoms with van der Waals surface area (Å²) in [4.78, 5) is 16.8. The summed E-state index contributed by atoms with van der Waals surface area (Å²) in [5.41, 5.74) is 0. The number of nitrogens with one attached hydrogen (secondary N) is 1. The van der Waals surface area contributed by atoms with Crippen LogP contribution in [-0.2, 0) is 0 Å². The van der Waals surface area contributed by atoms with Crippen molar-refractivity contribution < 1.29 is 5.11 Å². The number of aliphatic hydroxyl groups is 1. The molecule has 1 aliphatic rings. The average Bonchev–Trinajstić information content (AvgIpc) is 3.27. The normalized spacial score (nSPS) is 21.5. The SMILES string of the molecule is OC1C(Nc2nccs2)N(c2nccs2)CN1c1nccs1. The molecular weight excluding hydrogens is 340 g/mol. The van der Waals surface area contributed by atoms with Gasteiger partial charge in [-0.2, -0.15) is 0 Å². The van der Waals surface area contributed by atoms with Gasteiger partial charge < -0.3 is 20.2 Å². The number of aromatic nitrogens is 3. The van der Waals surface area contributed by atoms with Crippen molar-refractivity contribution in [3.8, 4) is 0 Å². The maximum absolute atomic E-state index is 10.7. The molecule has 0 amide bonds. The van der Waals surface area contributed by atoms with E-state index in [9.17, 15) is 5.11 Å². The van der Waals surface area contributed by atoms with Gasteiger partial charge in [-0.25, -0.2) is 15.0 Å². The molecular formula is C12H12N6OS3. The smallest absolute Gasteiger partial charge is 0.188 e. The van der Waals surface area contributed by atoms with E-state index in [2.05, 4.69) is 20.3 Å². The first-order chi connectivity index (χ1) is 10.8. The van der Waals surface area contributed by atoms with Crippen molar-refractivity contribution in [1.82, 2.24) is 15.0 Å². The molecule has 22 heavy (non-hydrogen) atoms. The molecule has 4 rings (SSSR count). The van der Waals surface area contributed by atoms with Crippen molar-refractivity contribution in [1.29, 1.82) is 0 Å². The number of thiazole rings is 3. The van der Waals surface area contributed by atoms with Gasteiger partial charge in [0.15, 0.2) is 27.8 Å². The zero-order valence-electron chi connectivity index (χ0n) is 11.2. The van der Waals surface area contributed by atoms with E-state index >= 15 is 0 Å². The fraction of sp³-hybridized carbons (Fsp3) is 0.250. The summed E-state index contributed by atoms with van der Waals surface area (Å²) >= 11 is 4.55. The second-order valence-corrected chi connectivity index (χ2v) is 7.19. The molecule has 10 heteroatoms. The van der Waals surface area contributed by atoms with E-state index in [0.717, 1.165) is 15.4 Å². The molecule has 1 fully saturated rings. The predicted molar refractivity (Wildman–Crippen MR) is 89.6 cm³/mol. The quantitative estimate of drug-likeness (QED) is 0.744. The zero-order valence-corrected chi connectivity index (χ0v) is 13.7. The van der Waals surface area contributed by atoms with Gasteiger partial charge in [0.25, 0.3) is 0 Å². The van der Waals surface area contributed by atoms with Crippen LogP contribution in [0.2, 0.25) is 0 Å². The van der Waals surface area contributed by atoms with Crippen LogP contribution in [0.4, 0.5) is 15.4 Å². The summed E-state index contributed by atoms with van der Waals surface area (Å²) in [6, 6.07) is 0. The van der Waals surface area contributed by atoms with Gasteiger partial charge in [0.2, 0.25) is 0 Å². The average molecular weight is 352 g/mol. The Hall–Kier alpha value is -1.75.